The summed E-state index contributed by atoms with van der Waals surface area (Å²) in [6.07, 6.45) is 0. The first-order valence-corrected chi connectivity index (χ1v) is 6.84. The van der Waals surface area contributed by atoms with E-state index in [1.54, 1.807) is 24.3 Å². The highest BCUT2D eigenvalue weighted by Gasteiger charge is 2.22. The van der Waals surface area contributed by atoms with Gasteiger partial charge in [0.05, 0.1) is 0 Å². The van der Waals surface area contributed by atoms with E-state index >= 15 is 0 Å². The number of carboxylic acids is 1. The van der Waals surface area contributed by atoms with Crippen LogP contribution in [0.5, 0.6) is 0 Å². The van der Waals surface area contributed by atoms with E-state index in [0.717, 1.165) is 0 Å². The summed E-state index contributed by atoms with van der Waals surface area (Å²) in [4.78, 5) is 11.4. The molecule has 2 aromatic carbocycles. The summed E-state index contributed by atoms with van der Waals surface area (Å²) in [7, 11) is 0. The van der Waals surface area contributed by atoms with Crippen molar-refractivity contribution in [2.75, 3.05) is 5.32 Å². The lowest BCUT2D eigenvalue weighted by molar-refractivity contribution is -0.138. The molecule has 2 rings (SSSR count). The average Bonchev–Trinajstić information content (AvgIpc) is 2.39. The largest absolute Gasteiger partial charge is 0.479 e. The van der Waals surface area contributed by atoms with Gasteiger partial charge in [0.2, 0.25) is 0 Å². The van der Waals surface area contributed by atoms with E-state index < -0.39 is 17.8 Å². The molecule has 0 saturated heterocycles. The lowest BCUT2D eigenvalue weighted by Gasteiger charge is -2.18. The van der Waals surface area contributed by atoms with Crippen molar-refractivity contribution in [3.8, 4) is 0 Å². The monoisotopic (exact) mass is 357 g/mol. The highest BCUT2D eigenvalue weighted by Crippen LogP contribution is 2.29. The second-order valence-electron chi connectivity index (χ2n) is 4.09. The maximum Gasteiger partial charge on any atom is 0.330 e. The molecule has 0 amide bonds. The van der Waals surface area contributed by atoms with E-state index in [2.05, 4.69) is 21.2 Å². The van der Waals surface area contributed by atoms with Crippen molar-refractivity contribution < 1.29 is 14.3 Å². The lowest BCUT2D eigenvalue weighted by Crippen LogP contribution is -2.21. The number of hydrogen-bond donors (Lipinski definition) is 2. The highest BCUT2D eigenvalue weighted by molar-refractivity contribution is 9.10. The smallest absolute Gasteiger partial charge is 0.330 e. The summed E-state index contributed by atoms with van der Waals surface area (Å²) in [6, 6.07) is 9.45. The van der Waals surface area contributed by atoms with Crippen LogP contribution in [-0.4, -0.2) is 11.1 Å². The molecule has 20 heavy (non-hydrogen) atoms. The van der Waals surface area contributed by atoms with Crippen LogP contribution in [-0.2, 0) is 4.79 Å². The molecule has 1 atom stereocenters. The van der Waals surface area contributed by atoms with E-state index in [0.29, 0.717) is 20.7 Å². The van der Waals surface area contributed by atoms with Crippen LogP contribution in [0.25, 0.3) is 0 Å². The van der Waals surface area contributed by atoms with Crippen LogP contribution in [0.2, 0.25) is 5.02 Å². The molecule has 0 radical (unpaired) electrons. The van der Waals surface area contributed by atoms with Gasteiger partial charge in [-0.25, -0.2) is 9.18 Å². The summed E-state index contributed by atoms with van der Waals surface area (Å²) < 4.78 is 13.8. The summed E-state index contributed by atoms with van der Waals surface area (Å²) in [5.74, 6) is -1.53. The third-order valence-electron chi connectivity index (χ3n) is 2.65. The number of benzene rings is 2. The summed E-state index contributed by atoms with van der Waals surface area (Å²) in [5.41, 5.74) is 0.846. The van der Waals surface area contributed by atoms with Gasteiger partial charge >= 0.3 is 5.97 Å². The Hall–Kier alpha value is -1.59. The van der Waals surface area contributed by atoms with Gasteiger partial charge in [-0.3, -0.25) is 0 Å². The lowest BCUT2D eigenvalue weighted by atomic mass is 10.1. The molecule has 0 spiro atoms. The molecule has 0 aromatic heterocycles. The fourth-order valence-electron chi connectivity index (χ4n) is 1.75. The Labute approximate surface area is 128 Å². The molecule has 1 unspecified atom stereocenters. The summed E-state index contributed by atoms with van der Waals surface area (Å²) in [6.45, 7) is 0. The highest BCUT2D eigenvalue weighted by atomic mass is 79.9. The summed E-state index contributed by atoms with van der Waals surface area (Å²) in [5, 5.41) is 12.6. The van der Waals surface area contributed by atoms with Crippen LogP contribution in [0.3, 0.4) is 0 Å². The molecule has 0 saturated carbocycles. The van der Waals surface area contributed by atoms with Crippen LogP contribution in [0, 0.1) is 5.82 Å². The van der Waals surface area contributed by atoms with Crippen LogP contribution >= 0.6 is 27.5 Å². The SMILES string of the molecule is O=C(O)C(Nc1cccc(F)c1)c1cc(Cl)ccc1Br. The van der Waals surface area contributed by atoms with Gasteiger partial charge in [0.1, 0.15) is 5.82 Å². The van der Waals surface area contributed by atoms with E-state index in [1.165, 1.54) is 18.2 Å². The number of carbonyl (C=O) groups is 1. The first-order chi connectivity index (χ1) is 9.47. The second-order valence-corrected chi connectivity index (χ2v) is 5.38. The molecule has 6 heteroatoms. The zero-order chi connectivity index (χ0) is 14.7. The second kappa shape index (κ2) is 6.24. The fourth-order valence-corrected chi connectivity index (χ4v) is 2.41. The molecule has 2 N–H and O–H groups in total. The van der Waals surface area contributed by atoms with Crippen molar-refractivity contribution >= 4 is 39.2 Å². The zero-order valence-electron chi connectivity index (χ0n) is 10.1. The minimum Gasteiger partial charge on any atom is -0.479 e. The first-order valence-electron chi connectivity index (χ1n) is 5.67. The van der Waals surface area contributed by atoms with Crippen molar-refractivity contribution in [3.63, 3.8) is 0 Å². The van der Waals surface area contributed by atoms with Gasteiger partial charge in [0.25, 0.3) is 0 Å². The predicted octanol–water partition coefficient (Wildman–Crippen LogP) is 4.48. The molecule has 104 valence electrons. The average molecular weight is 359 g/mol. The number of anilines is 1. The quantitative estimate of drug-likeness (QED) is 0.847. The Balaban J connectivity index is 2.37. The first kappa shape index (κ1) is 14.8. The van der Waals surface area contributed by atoms with E-state index in [9.17, 15) is 14.3 Å². The predicted molar refractivity (Wildman–Crippen MR) is 79.6 cm³/mol. The summed E-state index contributed by atoms with van der Waals surface area (Å²) >= 11 is 9.18. The van der Waals surface area contributed by atoms with E-state index in [-0.39, 0.29) is 0 Å². The van der Waals surface area contributed by atoms with Crippen molar-refractivity contribution in [3.05, 3.63) is 63.3 Å². The standard InChI is InChI=1S/C14H10BrClFNO2/c15-12-5-4-8(16)6-11(12)13(14(19)20)18-10-3-1-2-9(17)7-10/h1-7,13,18H,(H,19,20). The molecule has 2 aromatic rings. The van der Waals surface area contributed by atoms with Crippen LogP contribution in [0.15, 0.2) is 46.9 Å². The van der Waals surface area contributed by atoms with Crippen molar-refractivity contribution in [1.29, 1.82) is 0 Å². The van der Waals surface area contributed by atoms with Crippen molar-refractivity contribution in [2.24, 2.45) is 0 Å². The fraction of sp³-hybridized carbons (Fsp3) is 0.0714. The Morgan fingerprint density at radius 2 is 2.05 bits per heavy atom. The van der Waals surface area contributed by atoms with Gasteiger partial charge in [-0.2, -0.15) is 0 Å². The number of nitrogens with one attached hydrogen (secondary N) is 1. The number of halogens is 3. The number of rotatable bonds is 4. The molecular formula is C14H10BrClFNO2. The third-order valence-corrected chi connectivity index (χ3v) is 3.61. The van der Waals surface area contributed by atoms with Crippen molar-refractivity contribution in [2.45, 2.75) is 6.04 Å². The van der Waals surface area contributed by atoms with Gasteiger partial charge in [0.15, 0.2) is 6.04 Å². The number of hydrogen-bond acceptors (Lipinski definition) is 2. The normalized spacial score (nSPS) is 11.9. The van der Waals surface area contributed by atoms with Crippen LogP contribution in [0.4, 0.5) is 10.1 Å². The molecule has 0 aliphatic rings. The molecule has 0 aliphatic heterocycles. The maximum atomic E-state index is 13.1. The van der Waals surface area contributed by atoms with Gasteiger partial charge in [-0.1, -0.05) is 33.6 Å². The van der Waals surface area contributed by atoms with Gasteiger partial charge < -0.3 is 10.4 Å². The number of aliphatic carboxylic acids is 1. The molecular weight excluding hydrogens is 349 g/mol. The van der Waals surface area contributed by atoms with Crippen molar-refractivity contribution in [1.82, 2.24) is 0 Å². The Bertz CT molecular complexity index is 651. The van der Waals surface area contributed by atoms with E-state index in [4.69, 9.17) is 11.6 Å². The topological polar surface area (TPSA) is 49.3 Å². The number of carboxylic acid groups (broad SMARTS) is 1. The molecule has 0 bridgehead atoms. The Morgan fingerprint density at radius 1 is 1.30 bits per heavy atom. The van der Waals surface area contributed by atoms with Gasteiger partial charge in [-0.15, -0.1) is 0 Å². The molecule has 0 fully saturated rings. The molecule has 0 heterocycles. The van der Waals surface area contributed by atoms with Gasteiger partial charge in [-0.05, 0) is 36.4 Å². The zero-order valence-corrected chi connectivity index (χ0v) is 12.5. The molecule has 3 nitrogen and oxygen atoms in total. The minimum absolute atomic E-state index is 0.379. The third kappa shape index (κ3) is 3.49. The van der Waals surface area contributed by atoms with E-state index in [1.807, 2.05) is 0 Å². The Kier molecular flexibility index (Phi) is 4.62. The van der Waals surface area contributed by atoms with Crippen LogP contribution < -0.4 is 5.32 Å². The Morgan fingerprint density at radius 3 is 2.70 bits per heavy atom. The molecule has 0 aliphatic carbocycles. The van der Waals surface area contributed by atoms with Gasteiger partial charge in [0, 0.05) is 20.7 Å². The van der Waals surface area contributed by atoms with Crippen LogP contribution in [0.1, 0.15) is 11.6 Å². The minimum atomic E-state index is -1.09. The maximum absolute atomic E-state index is 13.1.